The fraction of sp³-hybridized carbons (Fsp3) is 0.667. The highest BCUT2D eigenvalue weighted by Crippen LogP contribution is 2.28. The van der Waals surface area contributed by atoms with Gasteiger partial charge in [0.05, 0.1) is 0 Å². The van der Waals surface area contributed by atoms with E-state index in [-0.39, 0.29) is 0 Å². The van der Waals surface area contributed by atoms with Crippen LogP contribution in [0.15, 0.2) is 11.5 Å². The smallest absolute Gasteiger partial charge is 0.328 e. The Bertz CT molecular complexity index is 171. The Kier molecular flexibility index (Phi) is 4.22. The number of carboxylic acid groups (broad SMARTS) is 1. The first-order valence-corrected chi connectivity index (χ1v) is 5.28. The highest BCUT2D eigenvalue weighted by molar-refractivity contribution is 8.02. The summed E-state index contributed by atoms with van der Waals surface area (Å²) in [5, 5.41) is 10.7. The molecular formula is C9H14O2S. The molecule has 0 aromatic heterocycles. The molecule has 0 radical (unpaired) electrons. The molecule has 2 nitrogen and oxygen atoms in total. The molecule has 0 aliphatic heterocycles. The number of hydrogen-bond acceptors (Lipinski definition) is 2. The molecule has 0 amide bonds. The van der Waals surface area contributed by atoms with Gasteiger partial charge in [0, 0.05) is 11.3 Å². The van der Waals surface area contributed by atoms with Gasteiger partial charge in [-0.1, -0.05) is 19.3 Å². The zero-order valence-corrected chi connectivity index (χ0v) is 7.85. The van der Waals surface area contributed by atoms with Crippen LogP contribution in [0.5, 0.6) is 0 Å². The lowest BCUT2D eigenvalue weighted by Crippen LogP contribution is -2.06. The molecule has 68 valence electrons. The number of hydrogen-bond donors (Lipinski definition) is 1. The van der Waals surface area contributed by atoms with E-state index in [4.69, 9.17) is 5.11 Å². The molecule has 0 saturated heterocycles. The van der Waals surface area contributed by atoms with E-state index in [0.717, 1.165) is 0 Å². The van der Waals surface area contributed by atoms with Crippen LogP contribution in [0.4, 0.5) is 0 Å². The summed E-state index contributed by atoms with van der Waals surface area (Å²) in [5.41, 5.74) is 0. The molecule has 0 aromatic carbocycles. The van der Waals surface area contributed by atoms with Gasteiger partial charge in [0.25, 0.3) is 0 Å². The zero-order chi connectivity index (χ0) is 8.81. The molecule has 0 aromatic rings. The molecule has 0 unspecified atom stereocenters. The van der Waals surface area contributed by atoms with Gasteiger partial charge in [-0.3, -0.25) is 0 Å². The first-order chi connectivity index (χ1) is 5.79. The average molecular weight is 186 g/mol. The fourth-order valence-electron chi connectivity index (χ4n) is 1.41. The summed E-state index contributed by atoms with van der Waals surface area (Å²) in [7, 11) is 0. The normalized spacial score (nSPS) is 20.0. The number of carboxylic acids is 1. The molecule has 1 saturated carbocycles. The SMILES string of the molecule is O=C(O)C=CSC1CCCCC1. The monoisotopic (exact) mass is 186 g/mol. The highest BCUT2D eigenvalue weighted by atomic mass is 32.2. The van der Waals surface area contributed by atoms with Gasteiger partial charge in [0.2, 0.25) is 0 Å². The van der Waals surface area contributed by atoms with Gasteiger partial charge in [-0.15, -0.1) is 11.8 Å². The van der Waals surface area contributed by atoms with Gasteiger partial charge < -0.3 is 5.11 Å². The Morgan fingerprint density at radius 3 is 2.58 bits per heavy atom. The Labute approximate surface area is 77.0 Å². The third-order valence-electron chi connectivity index (χ3n) is 2.03. The summed E-state index contributed by atoms with van der Waals surface area (Å²) < 4.78 is 0. The summed E-state index contributed by atoms with van der Waals surface area (Å²) in [6.07, 6.45) is 7.67. The quantitative estimate of drug-likeness (QED) is 0.688. The maximum absolute atomic E-state index is 10.1. The van der Waals surface area contributed by atoms with Gasteiger partial charge in [-0.25, -0.2) is 4.79 Å². The Morgan fingerprint density at radius 2 is 2.00 bits per heavy atom. The topological polar surface area (TPSA) is 37.3 Å². The van der Waals surface area contributed by atoms with Crippen LogP contribution in [0.25, 0.3) is 0 Å². The molecule has 1 fully saturated rings. The van der Waals surface area contributed by atoms with Gasteiger partial charge in [0.15, 0.2) is 0 Å². The highest BCUT2D eigenvalue weighted by Gasteiger charge is 2.11. The molecule has 12 heavy (non-hydrogen) atoms. The van der Waals surface area contributed by atoms with E-state index in [1.807, 2.05) is 0 Å². The first kappa shape index (κ1) is 9.65. The van der Waals surface area contributed by atoms with Crippen LogP contribution in [0.2, 0.25) is 0 Å². The van der Waals surface area contributed by atoms with E-state index >= 15 is 0 Å². The van der Waals surface area contributed by atoms with Crippen LogP contribution < -0.4 is 0 Å². The standard InChI is InChI=1S/C9H14O2S/c10-9(11)6-7-12-8-4-2-1-3-5-8/h6-8H,1-5H2,(H,10,11). The van der Waals surface area contributed by atoms with E-state index in [2.05, 4.69) is 0 Å². The predicted octanol–water partition coefficient (Wildman–Crippen LogP) is 2.65. The van der Waals surface area contributed by atoms with Crippen molar-refractivity contribution in [2.24, 2.45) is 0 Å². The number of carbonyl (C=O) groups is 1. The Hall–Kier alpha value is -0.440. The van der Waals surface area contributed by atoms with Gasteiger partial charge in [-0.2, -0.15) is 0 Å². The lowest BCUT2D eigenvalue weighted by atomic mass is 10.0. The van der Waals surface area contributed by atoms with Crippen molar-refractivity contribution in [2.75, 3.05) is 0 Å². The Balaban J connectivity index is 2.17. The van der Waals surface area contributed by atoms with Crippen LogP contribution in [0.3, 0.4) is 0 Å². The van der Waals surface area contributed by atoms with Crippen molar-refractivity contribution in [3.8, 4) is 0 Å². The summed E-state index contributed by atoms with van der Waals surface area (Å²) in [5.74, 6) is -0.849. The molecule has 0 atom stereocenters. The molecule has 1 aliphatic carbocycles. The third-order valence-corrected chi connectivity index (χ3v) is 3.18. The van der Waals surface area contributed by atoms with Crippen molar-refractivity contribution in [3.05, 3.63) is 11.5 Å². The van der Waals surface area contributed by atoms with E-state index in [1.165, 1.54) is 38.2 Å². The average Bonchev–Trinajstić information content (AvgIpc) is 2.05. The van der Waals surface area contributed by atoms with Crippen LogP contribution in [-0.4, -0.2) is 16.3 Å². The summed E-state index contributed by atoms with van der Waals surface area (Å²) in [6.45, 7) is 0. The van der Waals surface area contributed by atoms with Gasteiger partial charge in [-0.05, 0) is 18.2 Å². The van der Waals surface area contributed by atoms with Crippen LogP contribution in [-0.2, 0) is 4.79 Å². The molecular weight excluding hydrogens is 172 g/mol. The van der Waals surface area contributed by atoms with Crippen molar-refractivity contribution in [2.45, 2.75) is 37.4 Å². The molecule has 1 N–H and O–H groups in total. The van der Waals surface area contributed by atoms with Crippen molar-refractivity contribution < 1.29 is 9.90 Å². The third kappa shape index (κ3) is 3.81. The number of rotatable bonds is 3. The number of thioether (sulfide) groups is 1. The zero-order valence-electron chi connectivity index (χ0n) is 7.03. The van der Waals surface area contributed by atoms with Gasteiger partial charge in [0.1, 0.15) is 0 Å². The minimum absolute atomic E-state index is 0.661. The lowest BCUT2D eigenvalue weighted by molar-refractivity contribution is -0.131. The fourth-order valence-corrected chi connectivity index (χ4v) is 2.43. The van der Waals surface area contributed by atoms with Crippen LogP contribution in [0, 0.1) is 0 Å². The molecule has 0 spiro atoms. The minimum Gasteiger partial charge on any atom is -0.478 e. The van der Waals surface area contributed by atoms with E-state index in [9.17, 15) is 4.79 Å². The molecule has 0 bridgehead atoms. The van der Waals surface area contributed by atoms with Crippen molar-refractivity contribution in [3.63, 3.8) is 0 Å². The van der Waals surface area contributed by atoms with E-state index in [1.54, 1.807) is 17.2 Å². The van der Waals surface area contributed by atoms with Crippen molar-refractivity contribution in [1.82, 2.24) is 0 Å². The molecule has 3 heteroatoms. The second-order valence-electron chi connectivity index (χ2n) is 3.04. The summed E-state index contributed by atoms with van der Waals surface area (Å²) in [4.78, 5) is 10.1. The number of aliphatic carboxylic acids is 1. The largest absolute Gasteiger partial charge is 0.478 e. The lowest BCUT2D eigenvalue weighted by Gasteiger charge is -2.18. The minimum atomic E-state index is -0.849. The second-order valence-corrected chi connectivity index (χ2v) is 4.25. The molecule has 1 aliphatic rings. The molecule has 1 rings (SSSR count). The van der Waals surface area contributed by atoms with Gasteiger partial charge >= 0.3 is 5.97 Å². The second kappa shape index (κ2) is 5.25. The van der Waals surface area contributed by atoms with E-state index < -0.39 is 5.97 Å². The summed E-state index contributed by atoms with van der Waals surface area (Å²) in [6, 6.07) is 0. The Morgan fingerprint density at radius 1 is 1.33 bits per heavy atom. The van der Waals surface area contributed by atoms with E-state index in [0.29, 0.717) is 5.25 Å². The predicted molar refractivity (Wildman–Crippen MR) is 51.2 cm³/mol. The molecule has 0 heterocycles. The first-order valence-electron chi connectivity index (χ1n) is 4.34. The van der Waals surface area contributed by atoms with Crippen LogP contribution >= 0.6 is 11.8 Å². The maximum Gasteiger partial charge on any atom is 0.328 e. The maximum atomic E-state index is 10.1. The van der Waals surface area contributed by atoms with Crippen molar-refractivity contribution >= 4 is 17.7 Å². The summed E-state index contributed by atoms with van der Waals surface area (Å²) >= 11 is 1.66. The van der Waals surface area contributed by atoms with Crippen molar-refractivity contribution in [1.29, 1.82) is 0 Å². The van der Waals surface area contributed by atoms with Crippen LogP contribution in [0.1, 0.15) is 32.1 Å².